The Kier molecular flexibility index (Phi) is 24.5. The van der Waals surface area contributed by atoms with Crippen LogP contribution in [0.3, 0.4) is 0 Å². The molecule has 0 spiro atoms. The minimum atomic E-state index is 0.707. The van der Waals surface area contributed by atoms with Gasteiger partial charge in [-0.3, -0.25) is 14.5 Å². The molecule has 0 saturated carbocycles. The third-order valence-electron chi connectivity index (χ3n) is 27.5. The van der Waals surface area contributed by atoms with Crippen LogP contribution in [0.5, 0.6) is 0 Å². The van der Waals surface area contributed by atoms with Crippen LogP contribution in [0.15, 0.2) is 534 Å². The summed E-state index contributed by atoms with van der Waals surface area (Å²) in [6.45, 7) is 0. The number of para-hydroxylation sites is 6. The van der Waals surface area contributed by atoms with E-state index in [1.165, 1.54) is 94.8 Å². The van der Waals surface area contributed by atoms with Gasteiger partial charge < -0.3 is 0 Å². The molecule has 28 rings (SSSR count). The van der Waals surface area contributed by atoms with Crippen molar-refractivity contribution < 1.29 is 0 Å². The van der Waals surface area contributed by atoms with Gasteiger partial charge in [-0.1, -0.05) is 425 Å². The fourth-order valence-electron chi connectivity index (χ4n) is 20.4. The van der Waals surface area contributed by atoms with Gasteiger partial charge in [-0.25, -0.2) is 34.9 Å². The topological polar surface area (TPSA) is 121 Å². The van der Waals surface area contributed by atoms with Gasteiger partial charge in [0.05, 0.1) is 92.9 Å². The summed E-state index contributed by atoms with van der Waals surface area (Å²) in [6, 6.07) is 183. The second-order valence-electron chi connectivity index (χ2n) is 36.8. The minimum Gasteiger partial charge on any atom is -0.292 e. The predicted molar refractivity (Wildman–Crippen MR) is 627 cm³/mol. The van der Waals surface area contributed by atoms with E-state index in [1.807, 2.05) is 101 Å². The fourth-order valence-corrected chi connectivity index (χ4v) is 24.5. The molecule has 150 heavy (non-hydrogen) atoms. The van der Waals surface area contributed by atoms with Crippen molar-refractivity contribution >= 4 is 108 Å². The molecule has 0 unspecified atom stereocenters. The Morgan fingerprint density at radius 3 is 0.913 bits per heavy atom. The van der Waals surface area contributed by atoms with E-state index in [-0.39, 0.29) is 0 Å². The number of thiophene rings is 3. The largest absolute Gasteiger partial charge is 0.292 e. The summed E-state index contributed by atoms with van der Waals surface area (Å²) in [7, 11) is 0. The molecule has 0 fully saturated rings. The number of pyridine rings is 6. The number of imidazole rings is 1. The van der Waals surface area contributed by atoms with Crippen LogP contribution < -0.4 is 0 Å². The molecule has 28 aromatic rings. The first-order valence-electron chi connectivity index (χ1n) is 50.1. The summed E-state index contributed by atoms with van der Waals surface area (Å²) in [6.07, 6.45) is 3.60. The Hall–Kier alpha value is -19.2. The fraction of sp³-hybridized carbons (Fsp3) is 0. The number of fused-ring (bicyclic) bond motifs is 10. The number of hydrogen-bond acceptors (Lipinski definition) is 12. The standard InChI is InChI=1S/C51H33N3S.C44H28N4S.C42H27N3S/c1-5-17-34(18-6-1)44-33-45(54-51(53-44)37-23-11-4-12-24-37)40-27-15-25-38(31-40)39-26-16-28-41(32-39)46-47-42-29-13-14-30-43(42)52-48(35-19-7-2-8-20-35)50(47)55-49(46)36-21-9-3-10-22-36;1-3-13-31(14-4-1)42-44-41(34-17-7-8-18-35(34)48-42)40(43(49-44)32-15-5-2-6-16-32)30-23-21-29(22-24-30)33-27-38(36-19-9-11-25-45-36)47-39(28-33)37-20-10-12-26-46-37;1-4-14-29(15-5-1)39-41-38(33-20-10-11-21-34(33)43-39)37(40(46-41)30-16-6-2-7-17-30)28-24-26-31(27-25-28)42-44-35-22-12-13-23-36(35)45(42)32-18-8-3-9-19-32/h1-33H;1-28H;1-27H. The van der Waals surface area contributed by atoms with E-state index in [0.717, 1.165) is 168 Å². The number of aromatic nitrogens is 10. The normalized spacial score (nSPS) is 11.3. The van der Waals surface area contributed by atoms with Crippen molar-refractivity contribution in [3.05, 3.63) is 534 Å². The Balaban J connectivity index is 0.000000114. The molecule has 10 nitrogen and oxygen atoms in total. The highest BCUT2D eigenvalue weighted by molar-refractivity contribution is 7.24. The number of hydrogen-bond donors (Lipinski definition) is 0. The highest BCUT2D eigenvalue weighted by Gasteiger charge is 2.29. The van der Waals surface area contributed by atoms with E-state index in [2.05, 4.69) is 470 Å². The molecule has 0 aliphatic heterocycles. The molecule has 704 valence electrons. The monoisotopic (exact) mass is 1970 g/mol. The second kappa shape index (κ2) is 40.5. The summed E-state index contributed by atoms with van der Waals surface area (Å²) < 4.78 is 5.84. The second-order valence-corrected chi connectivity index (χ2v) is 39.9. The maximum atomic E-state index is 5.27. The zero-order valence-electron chi connectivity index (χ0n) is 81.0. The van der Waals surface area contributed by atoms with Crippen molar-refractivity contribution in [1.29, 1.82) is 0 Å². The van der Waals surface area contributed by atoms with Gasteiger partial charge >= 0.3 is 0 Å². The molecule has 11 aromatic heterocycles. The van der Waals surface area contributed by atoms with E-state index < -0.39 is 0 Å². The van der Waals surface area contributed by atoms with Gasteiger partial charge in [0, 0.05) is 121 Å². The molecule has 0 saturated heterocycles. The number of benzene rings is 17. The molecule has 0 radical (unpaired) electrons. The van der Waals surface area contributed by atoms with Crippen LogP contribution in [-0.4, -0.2) is 49.4 Å². The molecule has 17 aromatic carbocycles. The van der Waals surface area contributed by atoms with Gasteiger partial charge in [0.25, 0.3) is 0 Å². The van der Waals surface area contributed by atoms with Gasteiger partial charge in [0.1, 0.15) is 5.82 Å². The van der Waals surface area contributed by atoms with Crippen LogP contribution in [0.25, 0.3) is 268 Å². The van der Waals surface area contributed by atoms with Crippen molar-refractivity contribution in [2.75, 3.05) is 0 Å². The SMILES string of the molecule is c1ccc(-c2cc(-c3cccc(-c4cccc(-c5c(-c6ccccc6)sc6c(-c7ccccc7)nc7ccccc7c56)c4)c3)nc(-c3ccccc3)n2)cc1.c1ccc(-c2sc3c(-c4ccccc4)nc4ccccc4c3c2-c2ccc(-c3cc(-c4ccccn4)nc(-c4ccccn4)c3)cc2)cc1.c1ccc(-c2sc3c(-c4ccccc4)nc4ccccc4c3c2-c2ccc(-c3nc4ccccc4n3-c3ccccc3)cc2)cc1. The summed E-state index contributed by atoms with van der Waals surface area (Å²) in [5.41, 5.74) is 37.0. The first-order valence-corrected chi connectivity index (χ1v) is 52.5. The van der Waals surface area contributed by atoms with Gasteiger partial charge in [-0.15, -0.1) is 34.0 Å². The Morgan fingerprint density at radius 2 is 0.493 bits per heavy atom. The van der Waals surface area contributed by atoms with Gasteiger partial charge in [-0.05, 0) is 153 Å². The Bertz CT molecular complexity index is 9700. The maximum Gasteiger partial charge on any atom is 0.160 e. The summed E-state index contributed by atoms with van der Waals surface area (Å²) in [4.78, 5) is 48.9. The van der Waals surface area contributed by atoms with Crippen LogP contribution in [-0.2, 0) is 0 Å². The lowest BCUT2D eigenvalue weighted by molar-refractivity contribution is 1.10. The first kappa shape index (κ1) is 90.8. The molecular formula is C137H88N10S3. The van der Waals surface area contributed by atoms with Crippen molar-refractivity contribution in [1.82, 2.24) is 49.4 Å². The van der Waals surface area contributed by atoms with Crippen LogP contribution in [0.2, 0.25) is 0 Å². The first-order chi connectivity index (χ1) is 74.4. The zero-order valence-corrected chi connectivity index (χ0v) is 83.5. The molecule has 11 heterocycles. The van der Waals surface area contributed by atoms with E-state index in [4.69, 9.17) is 34.9 Å². The smallest absolute Gasteiger partial charge is 0.160 e. The van der Waals surface area contributed by atoms with Crippen molar-refractivity contribution in [2.45, 2.75) is 0 Å². The zero-order chi connectivity index (χ0) is 99.6. The molecule has 0 atom stereocenters. The predicted octanol–water partition coefficient (Wildman–Crippen LogP) is 37.0. The van der Waals surface area contributed by atoms with Gasteiger partial charge in [0.2, 0.25) is 0 Å². The average Bonchev–Trinajstić information content (AvgIpc) is 1.60. The molecule has 13 heteroatoms. The Labute approximate surface area is 879 Å². The Morgan fingerprint density at radius 1 is 0.173 bits per heavy atom. The third-order valence-corrected chi connectivity index (χ3v) is 31.2. The molecule has 0 bridgehead atoms. The molecule has 0 N–H and O–H groups in total. The van der Waals surface area contributed by atoms with Gasteiger partial charge in [-0.2, -0.15) is 0 Å². The summed E-state index contributed by atoms with van der Waals surface area (Å²) in [5, 5.41) is 7.20. The lowest BCUT2D eigenvalue weighted by Gasteiger charge is -2.12. The van der Waals surface area contributed by atoms with Crippen molar-refractivity contribution in [3.8, 4) is 194 Å². The summed E-state index contributed by atoms with van der Waals surface area (Å²) in [5.74, 6) is 1.64. The highest BCUT2D eigenvalue weighted by atomic mass is 32.1. The van der Waals surface area contributed by atoms with Crippen molar-refractivity contribution in [3.63, 3.8) is 0 Å². The van der Waals surface area contributed by atoms with Gasteiger partial charge in [0.15, 0.2) is 5.82 Å². The van der Waals surface area contributed by atoms with Crippen LogP contribution in [0.1, 0.15) is 0 Å². The number of rotatable bonds is 18. The quantitative estimate of drug-likeness (QED) is 0.0827. The molecule has 0 aliphatic rings. The van der Waals surface area contributed by atoms with Crippen LogP contribution in [0.4, 0.5) is 0 Å². The molecule has 0 amide bonds. The van der Waals surface area contributed by atoms with E-state index in [9.17, 15) is 0 Å². The number of nitrogens with zero attached hydrogens (tertiary/aromatic N) is 10. The van der Waals surface area contributed by atoms with E-state index >= 15 is 0 Å². The average molecular weight is 1970 g/mol. The highest BCUT2D eigenvalue weighted by Crippen LogP contribution is 2.55. The van der Waals surface area contributed by atoms with Crippen molar-refractivity contribution in [2.24, 2.45) is 0 Å². The molecular weight excluding hydrogens is 1880 g/mol. The van der Waals surface area contributed by atoms with Crippen LogP contribution >= 0.6 is 34.0 Å². The lowest BCUT2D eigenvalue weighted by Crippen LogP contribution is -1.97. The lowest BCUT2D eigenvalue weighted by atomic mass is 9.93. The van der Waals surface area contributed by atoms with E-state index in [1.54, 1.807) is 12.4 Å². The molecule has 0 aliphatic carbocycles. The maximum absolute atomic E-state index is 5.27. The van der Waals surface area contributed by atoms with Crippen LogP contribution in [0, 0.1) is 0 Å². The third kappa shape index (κ3) is 17.7. The minimum absolute atomic E-state index is 0.707. The summed E-state index contributed by atoms with van der Waals surface area (Å²) >= 11 is 5.49. The van der Waals surface area contributed by atoms with E-state index in [0.29, 0.717) is 5.82 Å².